The molecule has 1 aliphatic rings. The Kier molecular flexibility index (Phi) is 4.49. The quantitative estimate of drug-likeness (QED) is 0.720. The second-order valence-electron chi connectivity index (χ2n) is 6.36. The average Bonchev–Trinajstić information content (AvgIpc) is 3.33. The normalized spacial score (nSPS) is 13.4. The van der Waals surface area contributed by atoms with Crippen LogP contribution in [0.3, 0.4) is 0 Å². The summed E-state index contributed by atoms with van der Waals surface area (Å²) < 4.78 is 6.95. The molecule has 1 amide bonds. The van der Waals surface area contributed by atoms with E-state index in [9.17, 15) is 4.79 Å². The van der Waals surface area contributed by atoms with Crippen molar-refractivity contribution in [1.82, 2.24) is 25.5 Å². The van der Waals surface area contributed by atoms with Gasteiger partial charge in [-0.05, 0) is 43.4 Å². The van der Waals surface area contributed by atoms with E-state index in [-0.39, 0.29) is 5.91 Å². The molecule has 0 fully saturated rings. The monoisotopic (exact) mass is 352 g/mol. The van der Waals surface area contributed by atoms with Crippen LogP contribution in [-0.4, -0.2) is 26.1 Å². The molecular weight excluding hydrogens is 332 g/mol. The van der Waals surface area contributed by atoms with Crippen LogP contribution in [-0.2, 0) is 25.9 Å². The molecule has 0 spiro atoms. The van der Waals surface area contributed by atoms with Crippen LogP contribution in [0.1, 0.15) is 45.9 Å². The zero-order valence-corrected chi connectivity index (χ0v) is 14.3. The Morgan fingerprint density at radius 3 is 3.04 bits per heavy atom. The summed E-state index contributed by atoms with van der Waals surface area (Å²) >= 11 is 0. The summed E-state index contributed by atoms with van der Waals surface area (Å²) in [5, 5.41) is 15.0. The molecule has 26 heavy (non-hydrogen) atoms. The Balaban J connectivity index is 1.45. The van der Waals surface area contributed by atoms with Crippen molar-refractivity contribution in [3.8, 4) is 5.69 Å². The predicted molar refractivity (Wildman–Crippen MR) is 93.6 cm³/mol. The first kappa shape index (κ1) is 16.5. The van der Waals surface area contributed by atoms with Gasteiger partial charge in [0.1, 0.15) is 0 Å². The SMILES string of the molecule is NCc1cn(-c2cccc(CNC(=O)c3onc4c3CCCC4)c2)nn1. The first-order chi connectivity index (χ1) is 12.7. The molecule has 0 aliphatic heterocycles. The third kappa shape index (κ3) is 3.23. The first-order valence-corrected chi connectivity index (χ1v) is 8.71. The highest BCUT2D eigenvalue weighted by atomic mass is 16.5. The molecule has 1 aliphatic carbocycles. The molecule has 2 aromatic heterocycles. The second-order valence-corrected chi connectivity index (χ2v) is 6.36. The zero-order valence-electron chi connectivity index (χ0n) is 14.3. The molecule has 0 saturated heterocycles. The van der Waals surface area contributed by atoms with Gasteiger partial charge < -0.3 is 15.6 Å². The van der Waals surface area contributed by atoms with Crippen molar-refractivity contribution in [2.45, 2.75) is 38.8 Å². The number of amides is 1. The molecule has 1 aromatic carbocycles. The summed E-state index contributed by atoms with van der Waals surface area (Å²) in [6.45, 7) is 0.734. The number of nitrogens with two attached hydrogens (primary N) is 1. The van der Waals surface area contributed by atoms with Crippen LogP contribution in [0.2, 0.25) is 0 Å². The average molecular weight is 352 g/mol. The number of rotatable bonds is 5. The van der Waals surface area contributed by atoms with Gasteiger partial charge in [-0.1, -0.05) is 22.5 Å². The van der Waals surface area contributed by atoms with Gasteiger partial charge in [-0.15, -0.1) is 5.10 Å². The highest BCUT2D eigenvalue weighted by Gasteiger charge is 2.23. The van der Waals surface area contributed by atoms with Crippen molar-refractivity contribution in [3.05, 3.63) is 58.7 Å². The number of aromatic nitrogens is 4. The lowest BCUT2D eigenvalue weighted by Crippen LogP contribution is -2.24. The Morgan fingerprint density at radius 1 is 1.31 bits per heavy atom. The third-order valence-electron chi connectivity index (χ3n) is 4.54. The fourth-order valence-electron chi connectivity index (χ4n) is 3.16. The summed E-state index contributed by atoms with van der Waals surface area (Å²) in [6.07, 6.45) is 5.70. The molecule has 0 bridgehead atoms. The predicted octanol–water partition coefficient (Wildman–Crippen LogP) is 1.52. The van der Waals surface area contributed by atoms with Gasteiger partial charge in [0.2, 0.25) is 5.76 Å². The summed E-state index contributed by atoms with van der Waals surface area (Å²) in [5.41, 5.74) is 9.98. The summed E-state index contributed by atoms with van der Waals surface area (Å²) in [4.78, 5) is 12.5. The van der Waals surface area contributed by atoms with E-state index >= 15 is 0 Å². The van der Waals surface area contributed by atoms with Gasteiger partial charge >= 0.3 is 0 Å². The Bertz CT molecular complexity index is 929. The Morgan fingerprint density at radius 2 is 2.19 bits per heavy atom. The molecule has 8 heteroatoms. The molecule has 0 unspecified atom stereocenters. The van der Waals surface area contributed by atoms with E-state index in [1.54, 1.807) is 10.9 Å². The van der Waals surface area contributed by atoms with Gasteiger partial charge in [0.05, 0.1) is 23.3 Å². The van der Waals surface area contributed by atoms with Gasteiger partial charge in [-0.2, -0.15) is 0 Å². The number of hydrogen-bond acceptors (Lipinski definition) is 6. The van der Waals surface area contributed by atoms with Crippen molar-refractivity contribution in [3.63, 3.8) is 0 Å². The highest BCUT2D eigenvalue weighted by Crippen LogP contribution is 2.23. The third-order valence-corrected chi connectivity index (χ3v) is 4.54. The van der Waals surface area contributed by atoms with Crippen molar-refractivity contribution < 1.29 is 9.32 Å². The lowest BCUT2D eigenvalue weighted by molar-refractivity contribution is 0.0912. The van der Waals surface area contributed by atoms with Crippen LogP contribution in [0.15, 0.2) is 35.0 Å². The highest BCUT2D eigenvalue weighted by molar-refractivity contribution is 5.93. The number of fused-ring (bicyclic) bond motifs is 1. The molecular formula is C18H20N6O2. The van der Waals surface area contributed by atoms with Crippen LogP contribution in [0.5, 0.6) is 0 Å². The minimum absolute atomic E-state index is 0.225. The molecule has 0 saturated carbocycles. The summed E-state index contributed by atoms with van der Waals surface area (Å²) in [5.74, 6) is 0.122. The fourth-order valence-corrected chi connectivity index (χ4v) is 3.16. The number of hydrogen-bond donors (Lipinski definition) is 2. The molecule has 3 N–H and O–H groups in total. The Hall–Kier alpha value is -3.00. The van der Waals surface area contributed by atoms with E-state index in [0.717, 1.165) is 53.9 Å². The van der Waals surface area contributed by atoms with Gasteiger partial charge in [-0.25, -0.2) is 4.68 Å². The maximum Gasteiger partial charge on any atom is 0.290 e. The first-order valence-electron chi connectivity index (χ1n) is 8.71. The van der Waals surface area contributed by atoms with E-state index in [0.29, 0.717) is 18.8 Å². The largest absolute Gasteiger partial charge is 0.350 e. The Labute approximate surface area is 150 Å². The van der Waals surface area contributed by atoms with Gasteiger partial charge in [0.25, 0.3) is 5.91 Å². The topological polar surface area (TPSA) is 112 Å². The molecule has 2 heterocycles. The molecule has 0 radical (unpaired) electrons. The van der Waals surface area contributed by atoms with Crippen molar-refractivity contribution in [2.75, 3.05) is 0 Å². The fraction of sp³-hybridized carbons (Fsp3) is 0.333. The van der Waals surface area contributed by atoms with E-state index in [4.69, 9.17) is 10.3 Å². The number of nitrogens with zero attached hydrogens (tertiary/aromatic N) is 4. The maximum absolute atomic E-state index is 12.5. The van der Waals surface area contributed by atoms with Crippen LogP contribution < -0.4 is 11.1 Å². The summed E-state index contributed by atoms with van der Waals surface area (Å²) in [7, 11) is 0. The molecule has 134 valence electrons. The van der Waals surface area contributed by atoms with Crippen LogP contribution in [0, 0.1) is 0 Å². The number of carbonyl (C=O) groups excluding carboxylic acids is 1. The van der Waals surface area contributed by atoms with Gasteiger partial charge in [0.15, 0.2) is 0 Å². The number of aryl methyl sites for hydroxylation is 1. The number of carbonyl (C=O) groups is 1. The van der Waals surface area contributed by atoms with E-state index in [1.807, 2.05) is 24.3 Å². The number of benzene rings is 1. The van der Waals surface area contributed by atoms with Crippen LogP contribution >= 0.6 is 0 Å². The van der Waals surface area contributed by atoms with E-state index in [1.165, 1.54) is 0 Å². The van der Waals surface area contributed by atoms with Crippen molar-refractivity contribution >= 4 is 5.91 Å². The number of nitrogens with one attached hydrogen (secondary N) is 1. The standard InChI is InChI=1S/C18H20N6O2/c19-9-13-11-24(23-21-13)14-5-3-4-12(8-14)10-20-18(25)17-15-6-1-2-7-16(15)22-26-17/h3-5,8,11H,1-2,6-7,9-10,19H2,(H,20,25). The van der Waals surface area contributed by atoms with Gasteiger partial charge in [-0.3, -0.25) is 4.79 Å². The van der Waals surface area contributed by atoms with Crippen molar-refractivity contribution in [2.24, 2.45) is 5.73 Å². The molecule has 3 aromatic rings. The van der Waals surface area contributed by atoms with Gasteiger partial charge in [0, 0.05) is 18.7 Å². The zero-order chi connectivity index (χ0) is 17.9. The minimum Gasteiger partial charge on any atom is -0.350 e. The maximum atomic E-state index is 12.5. The minimum atomic E-state index is -0.225. The van der Waals surface area contributed by atoms with E-state index < -0.39 is 0 Å². The molecule has 4 rings (SSSR count). The lowest BCUT2D eigenvalue weighted by Gasteiger charge is -2.09. The van der Waals surface area contributed by atoms with E-state index in [2.05, 4.69) is 20.8 Å². The molecule has 8 nitrogen and oxygen atoms in total. The lowest BCUT2D eigenvalue weighted by atomic mass is 9.96. The molecule has 0 atom stereocenters. The smallest absolute Gasteiger partial charge is 0.290 e. The summed E-state index contributed by atoms with van der Waals surface area (Å²) in [6, 6.07) is 7.73. The second kappa shape index (κ2) is 7.09. The van der Waals surface area contributed by atoms with Crippen LogP contribution in [0.4, 0.5) is 0 Å². The van der Waals surface area contributed by atoms with Crippen LogP contribution in [0.25, 0.3) is 5.69 Å². The van der Waals surface area contributed by atoms with Crippen molar-refractivity contribution in [1.29, 1.82) is 0 Å².